The van der Waals surface area contributed by atoms with E-state index in [4.69, 9.17) is 9.57 Å². The van der Waals surface area contributed by atoms with Crippen LogP contribution in [0.2, 0.25) is 0 Å². The van der Waals surface area contributed by atoms with Crippen molar-refractivity contribution in [2.45, 2.75) is 11.8 Å². The summed E-state index contributed by atoms with van der Waals surface area (Å²) in [6.45, 7) is 6.44. The molecule has 1 saturated heterocycles. The van der Waals surface area contributed by atoms with Gasteiger partial charge in [0.1, 0.15) is 0 Å². The number of sulfonamides is 1. The van der Waals surface area contributed by atoms with Crippen LogP contribution in [0.25, 0.3) is 11.3 Å². The molecule has 0 saturated carbocycles. The third-order valence-electron chi connectivity index (χ3n) is 7.53. The summed E-state index contributed by atoms with van der Waals surface area (Å²) in [5.41, 5.74) is 4.43. The van der Waals surface area contributed by atoms with Gasteiger partial charge in [0, 0.05) is 44.0 Å². The van der Waals surface area contributed by atoms with Crippen molar-refractivity contribution in [3.05, 3.63) is 89.0 Å². The van der Waals surface area contributed by atoms with Crippen LogP contribution in [0, 0.1) is 6.92 Å². The monoisotopic (exact) mass is 605 g/mol. The normalized spacial score (nSPS) is 16.9. The molecule has 226 valence electrons. The molecule has 5 rings (SSSR count). The second kappa shape index (κ2) is 13.1. The molecule has 43 heavy (non-hydrogen) atoms. The van der Waals surface area contributed by atoms with E-state index >= 15 is 0 Å². The Hall–Kier alpha value is -4.07. The van der Waals surface area contributed by atoms with Crippen molar-refractivity contribution >= 4 is 44.5 Å². The number of likely N-dealkylation sites (N-methyl/N-ethyl adjacent to an activating group) is 1. The summed E-state index contributed by atoms with van der Waals surface area (Å²) in [5.74, 6) is -0.821. The molecule has 0 atom stereocenters. The van der Waals surface area contributed by atoms with Crippen LogP contribution in [0.15, 0.2) is 71.6 Å². The number of esters is 1. The van der Waals surface area contributed by atoms with Gasteiger partial charge in [0.2, 0.25) is 0 Å². The second-order valence-corrected chi connectivity index (χ2v) is 12.1. The van der Waals surface area contributed by atoms with E-state index in [1.165, 1.54) is 19.2 Å². The zero-order valence-electron chi connectivity index (χ0n) is 24.3. The number of piperazine rings is 1. The van der Waals surface area contributed by atoms with Crippen molar-refractivity contribution in [3.8, 4) is 0 Å². The fraction of sp³-hybridized carbons (Fsp3) is 0.290. The number of carbonyl (C=O) groups is 2. The molecule has 1 fully saturated rings. The summed E-state index contributed by atoms with van der Waals surface area (Å²) in [6.07, 6.45) is 0. The summed E-state index contributed by atoms with van der Waals surface area (Å²) >= 11 is 0. The average molecular weight is 606 g/mol. The predicted octanol–water partition coefficient (Wildman–Crippen LogP) is 3.17. The number of methoxy groups -OCH3 is 1. The molecule has 11 nitrogen and oxygen atoms in total. The maximum atomic E-state index is 13.3. The Bertz CT molecular complexity index is 1630. The molecular weight excluding hydrogens is 570 g/mol. The molecule has 3 aromatic carbocycles. The molecule has 3 aromatic rings. The van der Waals surface area contributed by atoms with Crippen LogP contribution in [0.1, 0.15) is 27.0 Å². The largest absolute Gasteiger partial charge is 0.465 e. The van der Waals surface area contributed by atoms with E-state index in [-0.39, 0.29) is 17.4 Å². The maximum Gasteiger partial charge on any atom is 0.338 e. The minimum atomic E-state index is -3.89. The third kappa shape index (κ3) is 6.95. The first-order valence-electron chi connectivity index (χ1n) is 13.9. The summed E-state index contributed by atoms with van der Waals surface area (Å²) in [5, 5.41) is 6.17. The Morgan fingerprint density at radius 1 is 1.00 bits per heavy atom. The number of amides is 1. The SMILES string of the molecule is COC(=O)c1cc2c(cc1C)C(=C(Nc1ccc(S(=O)(=O)NOCCN3CCN(C)CC3)cc1)c1ccccc1)C(=O)N2. The summed E-state index contributed by atoms with van der Waals surface area (Å²) in [4.78, 5) is 37.6. The lowest BCUT2D eigenvalue weighted by Crippen LogP contribution is -2.45. The zero-order chi connectivity index (χ0) is 30.6. The number of hydrogen-bond donors (Lipinski definition) is 3. The number of rotatable bonds is 10. The van der Waals surface area contributed by atoms with Gasteiger partial charge in [0.05, 0.1) is 41.1 Å². The maximum absolute atomic E-state index is 13.3. The first kappa shape index (κ1) is 30.4. The van der Waals surface area contributed by atoms with Gasteiger partial charge in [0.15, 0.2) is 0 Å². The van der Waals surface area contributed by atoms with Gasteiger partial charge in [-0.05, 0) is 61.5 Å². The fourth-order valence-electron chi connectivity index (χ4n) is 5.06. The van der Waals surface area contributed by atoms with E-state index in [0.29, 0.717) is 45.9 Å². The van der Waals surface area contributed by atoms with E-state index in [1.54, 1.807) is 31.2 Å². The molecule has 2 heterocycles. The van der Waals surface area contributed by atoms with Crippen LogP contribution in [-0.2, 0) is 24.4 Å². The Labute approximate surface area is 251 Å². The highest BCUT2D eigenvalue weighted by molar-refractivity contribution is 7.89. The molecule has 0 radical (unpaired) electrons. The minimum absolute atomic E-state index is 0.0430. The van der Waals surface area contributed by atoms with Crippen molar-refractivity contribution in [2.24, 2.45) is 0 Å². The predicted molar refractivity (Wildman–Crippen MR) is 165 cm³/mol. The van der Waals surface area contributed by atoms with Crippen LogP contribution >= 0.6 is 0 Å². The van der Waals surface area contributed by atoms with Crippen LogP contribution in [0.4, 0.5) is 11.4 Å². The van der Waals surface area contributed by atoms with E-state index < -0.39 is 16.0 Å². The van der Waals surface area contributed by atoms with Crippen molar-refractivity contribution in [3.63, 3.8) is 0 Å². The molecule has 0 spiro atoms. The molecule has 12 heteroatoms. The van der Waals surface area contributed by atoms with Crippen LogP contribution in [0.3, 0.4) is 0 Å². The fourth-order valence-corrected chi connectivity index (χ4v) is 5.89. The van der Waals surface area contributed by atoms with Gasteiger partial charge in [-0.15, -0.1) is 0 Å². The lowest BCUT2D eigenvalue weighted by molar-refractivity contribution is -0.110. The molecule has 0 aliphatic carbocycles. The van der Waals surface area contributed by atoms with Gasteiger partial charge in [-0.2, -0.15) is 0 Å². The van der Waals surface area contributed by atoms with Gasteiger partial charge in [-0.3, -0.25) is 14.5 Å². The molecule has 0 bridgehead atoms. The van der Waals surface area contributed by atoms with Crippen molar-refractivity contribution in [1.29, 1.82) is 0 Å². The number of fused-ring (bicyclic) bond motifs is 1. The van der Waals surface area contributed by atoms with Crippen LogP contribution in [-0.4, -0.2) is 83.6 Å². The van der Waals surface area contributed by atoms with E-state index in [1.807, 2.05) is 30.3 Å². The molecule has 3 N–H and O–H groups in total. The zero-order valence-corrected chi connectivity index (χ0v) is 25.2. The molecule has 0 unspecified atom stereocenters. The Balaban J connectivity index is 1.35. The highest BCUT2D eigenvalue weighted by Gasteiger charge is 2.30. The van der Waals surface area contributed by atoms with Gasteiger partial charge in [0.25, 0.3) is 15.9 Å². The molecule has 2 aliphatic heterocycles. The number of nitrogens with zero attached hydrogens (tertiary/aromatic N) is 2. The average Bonchev–Trinajstić information content (AvgIpc) is 3.32. The number of anilines is 2. The lowest BCUT2D eigenvalue weighted by Gasteiger charge is -2.32. The number of carbonyl (C=O) groups excluding carboxylic acids is 2. The van der Waals surface area contributed by atoms with Gasteiger partial charge >= 0.3 is 5.97 Å². The van der Waals surface area contributed by atoms with Gasteiger partial charge in [-0.1, -0.05) is 35.2 Å². The Morgan fingerprint density at radius 3 is 2.37 bits per heavy atom. The highest BCUT2D eigenvalue weighted by atomic mass is 32.2. The lowest BCUT2D eigenvalue weighted by atomic mass is 9.96. The molecule has 2 aliphatic rings. The first-order chi connectivity index (χ1) is 20.7. The molecular formula is C31H35N5O6S. The number of benzene rings is 3. The molecule has 1 amide bonds. The highest BCUT2D eigenvalue weighted by Crippen LogP contribution is 2.39. The number of hydrogen-bond acceptors (Lipinski definition) is 9. The van der Waals surface area contributed by atoms with E-state index in [9.17, 15) is 18.0 Å². The van der Waals surface area contributed by atoms with Crippen molar-refractivity contribution in [1.82, 2.24) is 14.7 Å². The Kier molecular flexibility index (Phi) is 9.23. The van der Waals surface area contributed by atoms with Crippen LogP contribution < -0.4 is 15.5 Å². The molecule has 0 aromatic heterocycles. The summed E-state index contributed by atoms with van der Waals surface area (Å²) < 4.78 is 30.5. The van der Waals surface area contributed by atoms with Gasteiger partial charge in [-0.25, -0.2) is 13.2 Å². The first-order valence-corrected chi connectivity index (χ1v) is 15.4. The quantitative estimate of drug-likeness (QED) is 0.138. The van der Waals surface area contributed by atoms with E-state index in [0.717, 1.165) is 31.7 Å². The summed E-state index contributed by atoms with van der Waals surface area (Å²) in [6, 6.07) is 18.9. The summed E-state index contributed by atoms with van der Waals surface area (Å²) in [7, 11) is -0.502. The third-order valence-corrected chi connectivity index (χ3v) is 8.76. The topological polar surface area (TPSA) is 129 Å². The standard InChI is InChI=1S/C31H35N5O6S/c1-21-19-26-27(20-25(21)31(38)41-3)33-30(37)28(26)29(22-7-5-4-6-8-22)32-23-9-11-24(12-10-23)43(39,40)34-42-18-17-36-15-13-35(2)14-16-36/h4-12,19-20,32,34H,13-18H2,1-3H3,(H,33,37). The van der Waals surface area contributed by atoms with Gasteiger partial charge < -0.3 is 20.3 Å². The van der Waals surface area contributed by atoms with Crippen molar-refractivity contribution < 1.29 is 27.6 Å². The smallest absolute Gasteiger partial charge is 0.338 e. The number of nitrogens with one attached hydrogen (secondary N) is 3. The van der Waals surface area contributed by atoms with Crippen molar-refractivity contribution in [2.75, 3.05) is 64.1 Å². The second-order valence-electron chi connectivity index (χ2n) is 10.5. The number of aryl methyl sites for hydroxylation is 1. The minimum Gasteiger partial charge on any atom is -0.465 e. The van der Waals surface area contributed by atoms with Crippen LogP contribution in [0.5, 0.6) is 0 Å². The Morgan fingerprint density at radius 2 is 1.70 bits per heavy atom. The number of ether oxygens (including phenoxy) is 1. The van der Waals surface area contributed by atoms with E-state index in [2.05, 4.69) is 32.4 Å².